The molecule has 4 saturated heterocycles. The van der Waals surface area contributed by atoms with Crippen LogP contribution in [-0.2, 0) is 80.5 Å². The third kappa shape index (κ3) is 10.6. The number of esters is 4. The summed E-state index contributed by atoms with van der Waals surface area (Å²) in [6, 6.07) is -1.15. The van der Waals surface area contributed by atoms with E-state index in [-0.39, 0.29) is 18.1 Å². The number of fused-ring (bicyclic) bond motifs is 3. The Balaban J connectivity index is 1.84. The lowest BCUT2D eigenvalue weighted by Gasteiger charge is -2.51. The largest absolute Gasteiger partial charge is 0.465 e. The van der Waals surface area contributed by atoms with Crippen molar-refractivity contribution in [3.63, 3.8) is 0 Å². The van der Waals surface area contributed by atoms with Crippen molar-refractivity contribution in [3.05, 3.63) is 0 Å². The summed E-state index contributed by atoms with van der Waals surface area (Å²) < 4.78 is 72.9. The molecule has 11 atom stereocenters. The first kappa shape index (κ1) is 45.0. The van der Waals surface area contributed by atoms with E-state index in [0.717, 1.165) is 27.9 Å². The fraction of sp³-hybridized carbons (Fsp3) is 0.861. The van der Waals surface area contributed by atoms with Gasteiger partial charge < -0.3 is 61.8 Å². The van der Waals surface area contributed by atoms with Crippen molar-refractivity contribution < 1.29 is 80.5 Å². The summed E-state index contributed by atoms with van der Waals surface area (Å²) in [6.07, 6.45) is -9.84. The molecule has 1 amide bonds. The van der Waals surface area contributed by atoms with E-state index in [1.54, 1.807) is 27.7 Å². The molecule has 0 unspecified atom stereocenters. The van der Waals surface area contributed by atoms with Crippen LogP contribution in [0.15, 0.2) is 0 Å². The van der Waals surface area contributed by atoms with E-state index in [1.807, 2.05) is 33.9 Å². The molecule has 4 aliphatic rings. The molecule has 0 spiro atoms. The summed E-state index contributed by atoms with van der Waals surface area (Å²) in [6.45, 7) is 20.7. The average Bonchev–Trinajstić information content (AvgIpc) is 3.53. The molecule has 0 aromatic heterocycles. The third-order valence-electron chi connectivity index (χ3n) is 10.2. The lowest BCUT2D eigenvalue weighted by atomic mass is 9.88. The van der Waals surface area contributed by atoms with Crippen LogP contribution in [0.2, 0.25) is 18.1 Å². The Kier molecular flexibility index (Phi) is 13.6. The van der Waals surface area contributed by atoms with Gasteiger partial charge in [0.05, 0.1) is 25.9 Å². The summed E-state index contributed by atoms with van der Waals surface area (Å²) in [5, 5.41) is 2.48. The van der Waals surface area contributed by atoms with Crippen LogP contribution in [0.4, 0.5) is 0 Å². The molecular formula is C36H59NO17Si. The van der Waals surface area contributed by atoms with E-state index in [2.05, 4.69) is 5.32 Å². The maximum atomic E-state index is 14.1. The van der Waals surface area contributed by atoms with Crippen molar-refractivity contribution >= 4 is 38.1 Å². The minimum Gasteiger partial charge on any atom is -0.465 e. The van der Waals surface area contributed by atoms with Crippen molar-refractivity contribution in [2.75, 3.05) is 20.3 Å². The SMILES string of the molecule is COC(=O)[C@@]1(OC[C@H]2O[C@@H]3OC(C)(C)O[C@@H]3[C@H]3OC(C)(C)O[C@H]32)C[C@H](O[Si](C)(C)C(C)(C)C)[C@@H](NC(C)=O)[C@H]([C@H](OC(C)=O)[C@@H](COC(C)=O)OC(C)=O)O1. The van der Waals surface area contributed by atoms with Gasteiger partial charge in [-0.2, -0.15) is 0 Å². The highest BCUT2D eigenvalue weighted by molar-refractivity contribution is 6.74. The molecule has 0 aromatic rings. The fourth-order valence-electron chi connectivity index (χ4n) is 6.93. The van der Waals surface area contributed by atoms with Crippen molar-refractivity contribution in [2.24, 2.45) is 0 Å². The number of carbonyl (C=O) groups is 5. The van der Waals surface area contributed by atoms with E-state index in [0.29, 0.717) is 0 Å². The van der Waals surface area contributed by atoms with Gasteiger partial charge in [-0.05, 0) is 45.8 Å². The van der Waals surface area contributed by atoms with Gasteiger partial charge in [0, 0.05) is 34.1 Å². The summed E-state index contributed by atoms with van der Waals surface area (Å²) in [7, 11) is -1.62. The number of hydrogen-bond donors (Lipinski definition) is 1. The Labute approximate surface area is 323 Å². The first-order valence-electron chi connectivity index (χ1n) is 18.4. The zero-order valence-corrected chi connectivity index (χ0v) is 35.3. The molecule has 0 aliphatic carbocycles. The lowest BCUT2D eigenvalue weighted by molar-refractivity contribution is -0.326. The summed E-state index contributed by atoms with van der Waals surface area (Å²) >= 11 is 0. The number of rotatable bonds is 13. The second-order valence-corrected chi connectivity index (χ2v) is 21.5. The molecule has 1 N–H and O–H groups in total. The highest BCUT2D eigenvalue weighted by Crippen LogP contribution is 2.46. The van der Waals surface area contributed by atoms with E-state index in [1.165, 1.54) is 6.92 Å². The van der Waals surface area contributed by atoms with E-state index >= 15 is 0 Å². The monoisotopic (exact) mass is 805 g/mol. The molecule has 4 fully saturated rings. The molecular weight excluding hydrogens is 746 g/mol. The highest BCUT2D eigenvalue weighted by Gasteiger charge is 2.63. The molecule has 4 rings (SSSR count). The topological polar surface area (TPSA) is 208 Å². The summed E-state index contributed by atoms with van der Waals surface area (Å²) in [4.78, 5) is 64.2. The minimum absolute atomic E-state index is 0.328. The number of amides is 1. The average molecular weight is 806 g/mol. The number of methoxy groups -OCH3 is 1. The van der Waals surface area contributed by atoms with Crippen molar-refractivity contribution in [1.82, 2.24) is 5.32 Å². The number of ether oxygens (including phenoxy) is 11. The number of carbonyl (C=O) groups excluding carboxylic acids is 5. The highest BCUT2D eigenvalue weighted by atomic mass is 28.4. The molecule has 0 radical (unpaired) electrons. The minimum atomic E-state index is -2.76. The van der Waals surface area contributed by atoms with Crippen molar-refractivity contribution in [2.45, 2.75) is 179 Å². The van der Waals surface area contributed by atoms with Crippen molar-refractivity contribution in [3.8, 4) is 0 Å². The number of nitrogens with one attached hydrogen (secondary N) is 1. The van der Waals surface area contributed by atoms with E-state index in [4.69, 9.17) is 56.5 Å². The smallest absolute Gasteiger partial charge is 0.366 e. The predicted octanol–water partition coefficient (Wildman–Crippen LogP) is 2.38. The van der Waals surface area contributed by atoms with Crippen LogP contribution in [-0.4, -0.2) is 137 Å². The van der Waals surface area contributed by atoms with Gasteiger partial charge in [0.15, 0.2) is 38.4 Å². The maximum Gasteiger partial charge on any atom is 0.366 e. The Morgan fingerprint density at radius 2 is 1.40 bits per heavy atom. The Bertz CT molecular complexity index is 1450. The van der Waals surface area contributed by atoms with Gasteiger partial charge in [-0.25, -0.2) is 4.79 Å². The van der Waals surface area contributed by atoms with E-state index < -0.39 is 123 Å². The second-order valence-electron chi connectivity index (χ2n) is 16.7. The molecule has 0 saturated carbocycles. The second kappa shape index (κ2) is 16.6. The zero-order chi connectivity index (χ0) is 41.5. The molecule has 4 heterocycles. The Morgan fingerprint density at radius 3 is 1.95 bits per heavy atom. The van der Waals surface area contributed by atoms with Crippen LogP contribution in [0.25, 0.3) is 0 Å². The summed E-state index contributed by atoms with van der Waals surface area (Å²) in [5.41, 5.74) is 0. The van der Waals surface area contributed by atoms with Crippen molar-refractivity contribution in [1.29, 1.82) is 0 Å². The standard InChI is InChI=1S/C36H59NO17Si/c1-18(38)37-25-22(54-55(13,14)33(5,6)7)15-36(32(42)43-12,52-28(25)26(47-21(4)41)23(46-20(3)40)16-44-19(2)39)45-17-24-27-29(50-34(8,9)49-27)30-31(48-24)53-35(10,11)51-30/h22-31H,15-17H2,1-14H3,(H,37,38)/t22-,23+,24+,25+,26+,27-,28+,29-,30+,31+,36+/m0/s1. The van der Waals surface area contributed by atoms with Crippen LogP contribution in [0.1, 0.15) is 82.6 Å². The van der Waals surface area contributed by atoms with Crippen LogP contribution < -0.4 is 5.32 Å². The molecule has 0 bridgehead atoms. The summed E-state index contributed by atoms with van der Waals surface area (Å²) in [5.74, 6) is -8.24. The fourth-order valence-corrected chi connectivity index (χ4v) is 8.27. The first-order chi connectivity index (χ1) is 25.2. The molecule has 19 heteroatoms. The van der Waals surface area contributed by atoms with E-state index in [9.17, 15) is 24.0 Å². The molecule has 18 nitrogen and oxygen atoms in total. The van der Waals surface area contributed by atoms with Crippen LogP contribution in [0.3, 0.4) is 0 Å². The molecule has 314 valence electrons. The Hall–Kier alpha value is -2.75. The van der Waals surface area contributed by atoms with Crippen LogP contribution in [0.5, 0.6) is 0 Å². The molecule has 4 aliphatic heterocycles. The van der Waals surface area contributed by atoms with Gasteiger partial charge in [-0.15, -0.1) is 0 Å². The quantitative estimate of drug-likeness (QED) is 0.161. The Morgan fingerprint density at radius 1 is 0.818 bits per heavy atom. The third-order valence-corrected chi connectivity index (χ3v) is 14.7. The predicted molar refractivity (Wildman–Crippen MR) is 190 cm³/mol. The number of hydrogen-bond acceptors (Lipinski definition) is 17. The zero-order valence-electron chi connectivity index (χ0n) is 34.3. The van der Waals surface area contributed by atoms with Gasteiger partial charge >= 0.3 is 23.9 Å². The molecule has 0 aromatic carbocycles. The van der Waals surface area contributed by atoms with Crippen LogP contribution >= 0.6 is 0 Å². The van der Waals surface area contributed by atoms with Gasteiger partial charge in [0.25, 0.3) is 5.79 Å². The van der Waals surface area contributed by atoms with Gasteiger partial charge in [-0.3, -0.25) is 19.2 Å². The van der Waals surface area contributed by atoms with Gasteiger partial charge in [0.2, 0.25) is 5.91 Å². The molecule has 55 heavy (non-hydrogen) atoms. The lowest BCUT2D eigenvalue weighted by Crippen LogP contribution is -2.70. The first-order valence-corrected chi connectivity index (χ1v) is 21.3. The van der Waals surface area contributed by atoms with Crippen LogP contribution in [0, 0.1) is 0 Å². The normalized spacial score (nSPS) is 33.6. The van der Waals surface area contributed by atoms with Gasteiger partial charge in [-0.1, -0.05) is 20.8 Å². The maximum absolute atomic E-state index is 14.1. The van der Waals surface area contributed by atoms with Gasteiger partial charge in [0.1, 0.15) is 37.1 Å².